The van der Waals surface area contributed by atoms with Crippen LogP contribution in [0.4, 0.5) is 0 Å². The van der Waals surface area contributed by atoms with E-state index in [4.69, 9.17) is 4.52 Å². The van der Waals surface area contributed by atoms with Gasteiger partial charge >= 0.3 is 0 Å². The number of benzene rings is 1. The summed E-state index contributed by atoms with van der Waals surface area (Å²) >= 11 is 0. The average Bonchev–Trinajstić information content (AvgIpc) is 2.62. The van der Waals surface area contributed by atoms with Crippen molar-refractivity contribution in [2.75, 3.05) is 6.16 Å². The minimum Gasteiger partial charge on any atom is -0.307 e. The molecule has 1 fully saturated rings. The summed E-state index contributed by atoms with van der Waals surface area (Å²) in [6, 6.07) is 10.3. The van der Waals surface area contributed by atoms with E-state index in [1.54, 1.807) is 6.08 Å². The number of hydrogen-bond acceptors (Lipinski definition) is 2. The van der Waals surface area contributed by atoms with Crippen LogP contribution in [0.3, 0.4) is 0 Å². The van der Waals surface area contributed by atoms with Gasteiger partial charge in [-0.05, 0) is 26.3 Å². The molecule has 0 bridgehead atoms. The quantitative estimate of drug-likeness (QED) is 0.610. The fraction of sp³-hybridized carbons (Fsp3) is 0.467. The smallest absolute Gasteiger partial charge is 0.277 e. The summed E-state index contributed by atoms with van der Waals surface area (Å²) in [6.07, 6.45) is 1.96. The van der Waals surface area contributed by atoms with Gasteiger partial charge in [-0.15, -0.1) is 6.58 Å². The fourth-order valence-corrected chi connectivity index (χ4v) is 5.58. The lowest BCUT2D eigenvalue weighted by Crippen LogP contribution is -2.33. The lowest BCUT2D eigenvalue weighted by molar-refractivity contribution is 0.197. The zero-order chi connectivity index (χ0) is 14.0. The molecule has 0 aliphatic carbocycles. The van der Waals surface area contributed by atoms with E-state index in [0.29, 0.717) is 6.16 Å². The first kappa shape index (κ1) is 14.5. The summed E-state index contributed by atoms with van der Waals surface area (Å²) in [5.41, 5.74) is 1.09. The van der Waals surface area contributed by atoms with Crippen LogP contribution >= 0.6 is 7.52 Å². The van der Waals surface area contributed by atoms with Crippen molar-refractivity contribution < 1.29 is 9.09 Å². The number of allylic oxidation sites excluding steroid dienone is 1. The Balaban J connectivity index is 2.36. The van der Waals surface area contributed by atoms with E-state index in [1.165, 1.54) is 0 Å². The van der Waals surface area contributed by atoms with E-state index in [9.17, 15) is 4.57 Å². The summed E-state index contributed by atoms with van der Waals surface area (Å²) in [6.45, 7) is 9.91. The normalized spacial score (nSPS) is 31.8. The zero-order valence-corrected chi connectivity index (χ0v) is 12.7. The van der Waals surface area contributed by atoms with E-state index in [0.717, 1.165) is 5.56 Å². The average molecular weight is 279 g/mol. The molecule has 2 rings (SSSR count). The van der Waals surface area contributed by atoms with Gasteiger partial charge in [0.25, 0.3) is 7.52 Å². The van der Waals surface area contributed by atoms with E-state index < -0.39 is 7.52 Å². The third kappa shape index (κ3) is 2.69. The van der Waals surface area contributed by atoms with Crippen molar-refractivity contribution >= 4 is 7.52 Å². The molecule has 19 heavy (non-hydrogen) atoms. The predicted octanol–water partition coefficient (Wildman–Crippen LogP) is 4.24. The van der Waals surface area contributed by atoms with E-state index >= 15 is 0 Å². The van der Waals surface area contributed by atoms with Crippen LogP contribution in [0.2, 0.25) is 0 Å². The monoisotopic (exact) mass is 279 g/mol. The van der Waals surface area contributed by atoms with Crippen LogP contribution in [0.5, 0.6) is 0 Å². The fourth-order valence-electron chi connectivity index (χ4n) is 2.84. The molecule has 0 saturated carbocycles. The SMILES string of the molecule is C=CC[P@@]1(=O)O[C@H](c2ccccc2)C(C)N1C(C)C. The Labute approximate surface area is 115 Å². The first-order valence-corrected chi connectivity index (χ1v) is 8.48. The molecule has 1 unspecified atom stereocenters. The Hall–Kier alpha value is -0.890. The van der Waals surface area contributed by atoms with Crippen LogP contribution in [0.25, 0.3) is 0 Å². The second kappa shape index (κ2) is 5.62. The van der Waals surface area contributed by atoms with Crippen LogP contribution in [0, 0.1) is 0 Å². The largest absolute Gasteiger partial charge is 0.307 e. The second-order valence-electron chi connectivity index (χ2n) is 5.26. The molecule has 0 spiro atoms. The molecule has 1 heterocycles. The van der Waals surface area contributed by atoms with Gasteiger partial charge < -0.3 is 4.52 Å². The molecule has 0 aromatic heterocycles. The molecule has 0 amide bonds. The highest BCUT2D eigenvalue weighted by molar-refractivity contribution is 7.57. The van der Waals surface area contributed by atoms with Crippen molar-refractivity contribution in [1.82, 2.24) is 4.67 Å². The minimum absolute atomic E-state index is 0.105. The lowest BCUT2D eigenvalue weighted by atomic mass is 10.0. The Morgan fingerprint density at radius 2 is 2.05 bits per heavy atom. The summed E-state index contributed by atoms with van der Waals surface area (Å²) < 4.78 is 21.0. The van der Waals surface area contributed by atoms with Crippen LogP contribution in [-0.4, -0.2) is 22.9 Å². The summed E-state index contributed by atoms with van der Waals surface area (Å²) in [5, 5.41) is 0. The molecule has 1 aliphatic rings. The third-order valence-corrected chi connectivity index (χ3v) is 6.31. The highest BCUT2D eigenvalue weighted by atomic mass is 31.2. The highest BCUT2D eigenvalue weighted by Crippen LogP contribution is 2.63. The van der Waals surface area contributed by atoms with Crippen molar-refractivity contribution in [3.63, 3.8) is 0 Å². The van der Waals surface area contributed by atoms with Gasteiger partial charge in [0.15, 0.2) is 0 Å². The molecular weight excluding hydrogens is 257 g/mol. The standard InChI is InChI=1S/C15H22NO2P/c1-5-11-19(17)16(12(2)3)13(4)15(18-19)14-9-7-6-8-10-14/h5-10,12-13,15H,1,11H2,2-4H3/t13?,15-,19+/m0/s1. The maximum absolute atomic E-state index is 13.0. The van der Waals surface area contributed by atoms with Crippen molar-refractivity contribution in [2.24, 2.45) is 0 Å². The van der Waals surface area contributed by atoms with Gasteiger partial charge in [0.05, 0.1) is 6.16 Å². The number of rotatable bonds is 4. The van der Waals surface area contributed by atoms with Gasteiger partial charge in [-0.3, -0.25) is 4.57 Å². The Bertz CT molecular complexity index is 486. The van der Waals surface area contributed by atoms with Crippen LogP contribution in [-0.2, 0) is 9.09 Å². The molecule has 1 aromatic rings. The van der Waals surface area contributed by atoms with Crippen molar-refractivity contribution in [3.8, 4) is 0 Å². The third-order valence-electron chi connectivity index (χ3n) is 3.50. The molecule has 3 nitrogen and oxygen atoms in total. The van der Waals surface area contributed by atoms with Crippen LogP contribution < -0.4 is 0 Å². The predicted molar refractivity (Wildman–Crippen MR) is 79.4 cm³/mol. The lowest BCUT2D eigenvalue weighted by Gasteiger charge is -2.29. The Morgan fingerprint density at radius 1 is 1.42 bits per heavy atom. The highest BCUT2D eigenvalue weighted by Gasteiger charge is 2.48. The minimum atomic E-state index is -2.80. The van der Waals surface area contributed by atoms with Crippen molar-refractivity contribution in [1.29, 1.82) is 0 Å². The summed E-state index contributed by atoms with van der Waals surface area (Å²) in [7, 11) is -2.80. The molecule has 104 valence electrons. The molecule has 1 saturated heterocycles. The molecule has 0 N–H and O–H groups in total. The first-order chi connectivity index (χ1) is 8.99. The van der Waals surface area contributed by atoms with E-state index in [-0.39, 0.29) is 18.2 Å². The zero-order valence-electron chi connectivity index (χ0n) is 11.8. The maximum atomic E-state index is 13.0. The van der Waals surface area contributed by atoms with Crippen molar-refractivity contribution in [3.05, 3.63) is 48.6 Å². The molecule has 0 radical (unpaired) electrons. The molecule has 4 heteroatoms. The van der Waals surface area contributed by atoms with Crippen LogP contribution in [0.1, 0.15) is 32.4 Å². The second-order valence-corrected chi connectivity index (χ2v) is 7.57. The number of nitrogens with zero attached hydrogens (tertiary/aromatic N) is 1. The van der Waals surface area contributed by atoms with E-state index in [1.807, 2.05) is 35.0 Å². The van der Waals surface area contributed by atoms with Gasteiger partial charge in [0, 0.05) is 12.1 Å². The van der Waals surface area contributed by atoms with Gasteiger partial charge in [-0.1, -0.05) is 36.4 Å². The molecule has 1 aromatic carbocycles. The first-order valence-electron chi connectivity index (χ1n) is 6.71. The van der Waals surface area contributed by atoms with Crippen molar-refractivity contribution in [2.45, 2.75) is 39.0 Å². The molecule has 3 atom stereocenters. The molecular formula is C15H22NO2P. The van der Waals surface area contributed by atoms with Gasteiger partial charge in [-0.25, -0.2) is 4.67 Å². The van der Waals surface area contributed by atoms with Gasteiger partial charge in [0.1, 0.15) is 6.10 Å². The molecule has 1 aliphatic heterocycles. The summed E-state index contributed by atoms with van der Waals surface area (Å²) in [4.78, 5) is 0. The topological polar surface area (TPSA) is 29.5 Å². The number of hydrogen-bond donors (Lipinski definition) is 0. The van der Waals surface area contributed by atoms with Gasteiger partial charge in [-0.2, -0.15) is 0 Å². The Morgan fingerprint density at radius 3 is 2.58 bits per heavy atom. The Kier molecular flexibility index (Phi) is 4.29. The van der Waals surface area contributed by atoms with Gasteiger partial charge in [0.2, 0.25) is 0 Å². The van der Waals surface area contributed by atoms with E-state index in [2.05, 4.69) is 27.4 Å². The van der Waals surface area contributed by atoms with Crippen LogP contribution in [0.15, 0.2) is 43.0 Å². The summed E-state index contributed by atoms with van der Waals surface area (Å²) in [5.74, 6) is 0. The maximum Gasteiger partial charge on any atom is 0.277 e.